The largest absolute Gasteiger partial charge is 0.468 e. The van der Waals surface area contributed by atoms with Crippen LogP contribution in [0.5, 0.6) is 5.88 Å². The van der Waals surface area contributed by atoms with Crippen molar-refractivity contribution in [3.63, 3.8) is 0 Å². The maximum Gasteiger partial charge on any atom is 0.258 e. The third-order valence-corrected chi connectivity index (χ3v) is 5.26. The fourth-order valence-corrected chi connectivity index (χ4v) is 3.51. The molecule has 1 fully saturated rings. The first-order valence-corrected chi connectivity index (χ1v) is 9.75. The van der Waals surface area contributed by atoms with Gasteiger partial charge < -0.3 is 10.1 Å². The van der Waals surface area contributed by atoms with Gasteiger partial charge >= 0.3 is 0 Å². The molecule has 1 amide bonds. The Kier molecular flexibility index (Phi) is 4.79. The predicted octanol–water partition coefficient (Wildman–Crippen LogP) is 3.72. The number of ether oxygens (including phenoxy) is 1. The molecule has 3 aromatic rings. The van der Waals surface area contributed by atoms with Crippen molar-refractivity contribution in [3.8, 4) is 5.88 Å². The minimum atomic E-state index is -0.170. The topological polar surface area (TPSA) is 69.0 Å². The van der Waals surface area contributed by atoms with Crippen molar-refractivity contribution in [2.24, 2.45) is 7.05 Å². The molecular weight excluding hydrogens is 352 g/mol. The minimum Gasteiger partial charge on any atom is -0.468 e. The molecule has 0 bridgehead atoms. The zero-order valence-electron chi connectivity index (χ0n) is 16.8. The summed E-state index contributed by atoms with van der Waals surface area (Å²) in [5.74, 6) is 0.842. The Morgan fingerprint density at radius 1 is 1.29 bits per heavy atom. The molecule has 0 saturated heterocycles. The number of benzene rings is 1. The molecule has 1 aliphatic rings. The van der Waals surface area contributed by atoms with Crippen molar-refractivity contribution >= 4 is 16.9 Å². The lowest BCUT2D eigenvalue weighted by atomic mass is 10.1. The zero-order chi connectivity index (χ0) is 19.8. The summed E-state index contributed by atoms with van der Waals surface area (Å²) in [6, 6.07) is 9.96. The standard InChI is InChI=1S/C22H26N4O2/c1-13-5-7-16(8-6-13)15(3)23-18(27)12-28-19-11-14(2)20-21(17-9-10-17)25-26(4)22(20)24-19/h5-8,11,15,17H,9-10,12H2,1-4H3,(H,23,27). The molecule has 28 heavy (non-hydrogen) atoms. The number of carbonyl (C=O) groups is 1. The molecule has 6 nitrogen and oxygen atoms in total. The van der Waals surface area contributed by atoms with Crippen LogP contribution in [0.25, 0.3) is 11.0 Å². The summed E-state index contributed by atoms with van der Waals surface area (Å²) >= 11 is 0. The molecule has 146 valence electrons. The predicted molar refractivity (Wildman–Crippen MR) is 108 cm³/mol. The number of rotatable bonds is 6. The molecule has 2 heterocycles. The number of aryl methyl sites for hydroxylation is 3. The van der Waals surface area contributed by atoms with Gasteiger partial charge in [0.1, 0.15) is 0 Å². The molecule has 1 N–H and O–H groups in total. The van der Waals surface area contributed by atoms with E-state index in [1.807, 2.05) is 62.8 Å². The van der Waals surface area contributed by atoms with Gasteiger partial charge in [-0.25, -0.2) is 0 Å². The summed E-state index contributed by atoms with van der Waals surface area (Å²) in [6.07, 6.45) is 2.40. The van der Waals surface area contributed by atoms with Gasteiger partial charge in [-0.15, -0.1) is 0 Å². The van der Waals surface area contributed by atoms with Gasteiger partial charge in [-0.2, -0.15) is 10.1 Å². The smallest absolute Gasteiger partial charge is 0.258 e. The number of pyridine rings is 1. The van der Waals surface area contributed by atoms with Crippen molar-refractivity contribution in [2.75, 3.05) is 6.61 Å². The maximum absolute atomic E-state index is 12.3. The number of aromatic nitrogens is 3. The zero-order valence-corrected chi connectivity index (χ0v) is 16.8. The summed E-state index contributed by atoms with van der Waals surface area (Å²) in [6.45, 7) is 5.99. The lowest BCUT2D eigenvalue weighted by Crippen LogP contribution is -2.31. The van der Waals surface area contributed by atoms with Crippen LogP contribution in [-0.4, -0.2) is 27.3 Å². The molecule has 1 aromatic carbocycles. The highest BCUT2D eigenvalue weighted by molar-refractivity contribution is 5.84. The average Bonchev–Trinajstić information content (AvgIpc) is 3.45. The summed E-state index contributed by atoms with van der Waals surface area (Å²) < 4.78 is 7.50. The van der Waals surface area contributed by atoms with Crippen LogP contribution in [0.15, 0.2) is 30.3 Å². The Morgan fingerprint density at radius 3 is 2.68 bits per heavy atom. The van der Waals surface area contributed by atoms with E-state index >= 15 is 0 Å². The van der Waals surface area contributed by atoms with E-state index in [9.17, 15) is 4.79 Å². The molecule has 1 atom stereocenters. The lowest BCUT2D eigenvalue weighted by Gasteiger charge is -2.15. The first-order valence-electron chi connectivity index (χ1n) is 9.75. The van der Waals surface area contributed by atoms with Gasteiger partial charge in [-0.1, -0.05) is 29.8 Å². The van der Waals surface area contributed by atoms with E-state index in [0.717, 1.165) is 27.9 Å². The monoisotopic (exact) mass is 378 g/mol. The second-order valence-electron chi connectivity index (χ2n) is 7.75. The van der Waals surface area contributed by atoms with Crippen LogP contribution in [0.2, 0.25) is 0 Å². The van der Waals surface area contributed by atoms with Crippen LogP contribution < -0.4 is 10.1 Å². The highest BCUT2D eigenvalue weighted by Gasteiger charge is 2.30. The van der Waals surface area contributed by atoms with Crippen molar-refractivity contribution < 1.29 is 9.53 Å². The molecule has 0 aliphatic heterocycles. The third-order valence-electron chi connectivity index (χ3n) is 5.26. The van der Waals surface area contributed by atoms with Crippen LogP contribution >= 0.6 is 0 Å². The van der Waals surface area contributed by atoms with Crippen LogP contribution in [0.1, 0.15) is 54.1 Å². The lowest BCUT2D eigenvalue weighted by molar-refractivity contribution is -0.123. The Bertz CT molecular complexity index is 1020. The highest BCUT2D eigenvalue weighted by atomic mass is 16.5. The van der Waals surface area contributed by atoms with Crippen LogP contribution in [0.4, 0.5) is 0 Å². The third kappa shape index (κ3) is 3.72. The van der Waals surface area contributed by atoms with Crippen molar-refractivity contribution in [1.29, 1.82) is 0 Å². The van der Waals surface area contributed by atoms with Crippen molar-refractivity contribution in [2.45, 2.75) is 45.6 Å². The minimum absolute atomic E-state index is 0.0680. The van der Waals surface area contributed by atoms with Crippen LogP contribution in [0, 0.1) is 13.8 Å². The summed E-state index contributed by atoms with van der Waals surface area (Å²) in [5, 5.41) is 8.73. The van der Waals surface area contributed by atoms with Gasteiger partial charge in [0.2, 0.25) is 5.88 Å². The molecule has 1 unspecified atom stereocenters. The van der Waals surface area contributed by atoms with Gasteiger partial charge in [0.25, 0.3) is 5.91 Å². The Labute approximate surface area is 164 Å². The normalized spacial score (nSPS) is 14.9. The molecule has 0 spiro atoms. The van der Waals surface area contributed by atoms with Gasteiger partial charge in [0.15, 0.2) is 12.3 Å². The van der Waals surface area contributed by atoms with Crippen LogP contribution in [-0.2, 0) is 11.8 Å². The van der Waals surface area contributed by atoms with E-state index in [-0.39, 0.29) is 18.6 Å². The fourth-order valence-electron chi connectivity index (χ4n) is 3.51. The van der Waals surface area contributed by atoms with E-state index < -0.39 is 0 Å². The van der Waals surface area contributed by atoms with Gasteiger partial charge in [-0.3, -0.25) is 9.48 Å². The number of nitrogens with zero attached hydrogens (tertiary/aromatic N) is 3. The maximum atomic E-state index is 12.3. The molecule has 1 aliphatic carbocycles. The number of hydrogen-bond donors (Lipinski definition) is 1. The summed E-state index contributed by atoms with van der Waals surface area (Å²) in [5.41, 5.74) is 5.30. The van der Waals surface area contributed by atoms with Crippen molar-refractivity contribution in [3.05, 3.63) is 52.7 Å². The second-order valence-corrected chi connectivity index (χ2v) is 7.75. The SMILES string of the molecule is Cc1ccc(C(C)NC(=O)COc2cc(C)c3c(C4CC4)nn(C)c3n2)cc1. The summed E-state index contributed by atoms with van der Waals surface area (Å²) in [4.78, 5) is 16.9. The van der Waals surface area contributed by atoms with Gasteiger partial charge in [-0.05, 0) is 44.7 Å². The molecular formula is C22H26N4O2. The molecule has 2 aromatic heterocycles. The average molecular weight is 378 g/mol. The van der Waals surface area contributed by atoms with E-state index in [1.54, 1.807) is 0 Å². The first-order chi connectivity index (χ1) is 13.4. The van der Waals surface area contributed by atoms with Crippen molar-refractivity contribution in [1.82, 2.24) is 20.1 Å². The fraction of sp³-hybridized carbons (Fsp3) is 0.409. The Morgan fingerprint density at radius 2 is 2.00 bits per heavy atom. The number of nitrogens with one attached hydrogen (secondary N) is 1. The van der Waals surface area contributed by atoms with E-state index in [4.69, 9.17) is 4.74 Å². The molecule has 6 heteroatoms. The van der Waals surface area contributed by atoms with Gasteiger partial charge in [0, 0.05) is 24.4 Å². The quantitative estimate of drug-likeness (QED) is 0.710. The number of hydrogen-bond acceptors (Lipinski definition) is 4. The van der Waals surface area contributed by atoms with Crippen LogP contribution in [0.3, 0.4) is 0 Å². The Hall–Kier alpha value is -2.89. The first kappa shape index (κ1) is 18.5. The molecule has 1 saturated carbocycles. The number of carbonyl (C=O) groups excluding carboxylic acids is 1. The number of fused-ring (bicyclic) bond motifs is 1. The Balaban J connectivity index is 1.43. The molecule has 4 rings (SSSR count). The van der Waals surface area contributed by atoms with E-state index in [0.29, 0.717) is 11.8 Å². The molecule has 0 radical (unpaired) electrons. The van der Waals surface area contributed by atoms with Gasteiger partial charge in [0.05, 0.1) is 11.7 Å². The van der Waals surface area contributed by atoms with E-state index in [1.165, 1.54) is 18.4 Å². The van der Waals surface area contributed by atoms with E-state index in [2.05, 4.69) is 15.4 Å². The summed E-state index contributed by atoms with van der Waals surface area (Å²) in [7, 11) is 1.90. The number of amides is 1. The second kappa shape index (κ2) is 7.26. The highest BCUT2D eigenvalue weighted by Crippen LogP contribution is 2.43.